The number of benzene rings is 2. The third-order valence-corrected chi connectivity index (χ3v) is 2.84. The molecule has 0 fully saturated rings. The van der Waals surface area contributed by atoms with Crippen LogP contribution in [0.2, 0.25) is 5.02 Å². The Morgan fingerprint density at radius 1 is 1.15 bits per heavy atom. The van der Waals surface area contributed by atoms with Crippen LogP contribution >= 0.6 is 11.6 Å². The molecule has 0 spiro atoms. The zero-order chi connectivity index (χ0) is 14.5. The van der Waals surface area contributed by atoms with E-state index in [4.69, 9.17) is 22.2 Å². The van der Waals surface area contributed by atoms with E-state index in [1.54, 1.807) is 24.3 Å². The largest absolute Gasteiger partial charge is 0.380 e. The minimum atomic E-state index is -0.608. The number of hydrogen-bond acceptors (Lipinski definition) is 3. The van der Waals surface area contributed by atoms with E-state index in [0.717, 1.165) is 5.56 Å². The van der Waals surface area contributed by atoms with E-state index in [2.05, 4.69) is 5.16 Å². The van der Waals surface area contributed by atoms with Crippen molar-refractivity contribution in [3.63, 3.8) is 0 Å². The molecule has 5 heteroatoms. The molecule has 0 aliphatic rings. The average molecular weight is 289 g/mol. The van der Waals surface area contributed by atoms with Crippen LogP contribution < -0.4 is 5.73 Å². The van der Waals surface area contributed by atoms with Crippen LogP contribution in [0.5, 0.6) is 0 Å². The van der Waals surface area contributed by atoms with Gasteiger partial charge in [0.05, 0.1) is 5.56 Å². The van der Waals surface area contributed by atoms with Gasteiger partial charge < -0.3 is 10.6 Å². The van der Waals surface area contributed by atoms with E-state index in [-0.39, 0.29) is 5.84 Å². The minimum absolute atomic E-state index is 0.143. The van der Waals surface area contributed by atoms with Crippen molar-refractivity contribution < 1.29 is 9.63 Å². The molecule has 0 aliphatic carbocycles. The van der Waals surface area contributed by atoms with Crippen molar-refractivity contribution in [3.05, 3.63) is 70.2 Å². The van der Waals surface area contributed by atoms with E-state index in [0.29, 0.717) is 16.1 Å². The van der Waals surface area contributed by atoms with Gasteiger partial charge in [-0.25, -0.2) is 4.79 Å². The number of aryl methyl sites for hydroxylation is 1. The summed E-state index contributed by atoms with van der Waals surface area (Å²) < 4.78 is 0. The SMILES string of the molecule is Cc1cccc(C(N)=NOC(=O)c2cccc(Cl)c2)c1. The van der Waals surface area contributed by atoms with Crippen molar-refractivity contribution in [2.45, 2.75) is 6.92 Å². The molecule has 102 valence electrons. The first-order chi connectivity index (χ1) is 9.56. The molecule has 2 rings (SSSR count). The summed E-state index contributed by atoms with van der Waals surface area (Å²) in [5.74, 6) is -0.466. The second-order valence-electron chi connectivity index (χ2n) is 4.24. The molecule has 0 bridgehead atoms. The lowest BCUT2D eigenvalue weighted by Crippen LogP contribution is -2.15. The van der Waals surface area contributed by atoms with Crippen LogP contribution in [0.3, 0.4) is 0 Å². The van der Waals surface area contributed by atoms with Crippen molar-refractivity contribution >= 4 is 23.4 Å². The predicted molar refractivity (Wildman–Crippen MR) is 78.8 cm³/mol. The van der Waals surface area contributed by atoms with Crippen LogP contribution in [0, 0.1) is 6.92 Å². The Morgan fingerprint density at radius 2 is 1.85 bits per heavy atom. The standard InChI is InChI=1S/C15H13ClN2O2/c1-10-4-2-5-11(8-10)14(17)18-20-15(19)12-6-3-7-13(16)9-12/h2-9H,1H3,(H2,17,18). The number of carbonyl (C=O) groups excluding carboxylic acids is 1. The lowest BCUT2D eigenvalue weighted by molar-refractivity contribution is 0.0516. The fourth-order valence-electron chi connectivity index (χ4n) is 1.62. The molecule has 0 radical (unpaired) electrons. The predicted octanol–water partition coefficient (Wildman–Crippen LogP) is 3.13. The smallest absolute Gasteiger partial charge is 0.365 e. The maximum Gasteiger partial charge on any atom is 0.365 e. The highest BCUT2D eigenvalue weighted by Gasteiger charge is 2.08. The van der Waals surface area contributed by atoms with Crippen molar-refractivity contribution in [1.29, 1.82) is 0 Å². The number of nitrogens with two attached hydrogens (primary N) is 1. The van der Waals surface area contributed by atoms with Gasteiger partial charge in [0.15, 0.2) is 5.84 Å². The molecule has 0 saturated carbocycles. The molecular weight excluding hydrogens is 276 g/mol. The summed E-state index contributed by atoms with van der Waals surface area (Å²) in [6, 6.07) is 13.9. The number of rotatable bonds is 3. The van der Waals surface area contributed by atoms with Gasteiger partial charge in [-0.05, 0) is 31.2 Å². The van der Waals surface area contributed by atoms with Crippen LogP contribution in [0.15, 0.2) is 53.7 Å². The molecule has 0 aliphatic heterocycles. The van der Waals surface area contributed by atoms with Crippen LogP contribution in [-0.4, -0.2) is 11.8 Å². The first kappa shape index (κ1) is 14.1. The zero-order valence-corrected chi connectivity index (χ0v) is 11.6. The van der Waals surface area contributed by atoms with Gasteiger partial charge in [0, 0.05) is 10.6 Å². The van der Waals surface area contributed by atoms with E-state index >= 15 is 0 Å². The summed E-state index contributed by atoms with van der Waals surface area (Å²) in [4.78, 5) is 16.6. The van der Waals surface area contributed by atoms with Crippen molar-refractivity contribution in [1.82, 2.24) is 0 Å². The monoisotopic (exact) mass is 288 g/mol. The minimum Gasteiger partial charge on any atom is -0.380 e. The molecule has 2 N–H and O–H groups in total. The lowest BCUT2D eigenvalue weighted by atomic mass is 10.1. The number of amidine groups is 1. The van der Waals surface area contributed by atoms with Gasteiger partial charge in [-0.1, -0.05) is 46.6 Å². The maximum absolute atomic E-state index is 11.8. The Balaban J connectivity index is 2.11. The van der Waals surface area contributed by atoms with Gasteiger partial charge in [0.1, 0.15) is 0 Å². The Morgan fingerprint density at radius 3 is 2.55 bits per heavy atom. The Hall–Kier alpha value is -2.33. The van der Waals surface area contributed by atoms with Crippen LogP contribution in [0.4, 0.5) is 0 Å². The van der Waals surface area contributed by atoms with E-state index in [9.17, 15) is 4.79 Å². The Labute approximate surface area is 121 Å². The lowest BCUT2D eigenvalue weighted by Gasteiger charge is -2.02. The summed E-state index contributed by atoms with van der Waals surface area (Å²) in [6.07, 6.45) is 0. The molecule has 0 heterocycles. The summed E-state index contributed by atoms with van der Waals surface area (Å²) in [6.45, 7) is 1.94. The second kappa shape index (κ2) is 6.21. The fourth-order valence-corrected chi connectivity index (χ4v) is 1.81. The number of halogens is 1. The molecule has 0 amide bonds. The highest BCUT2D eigenvalue weighted by Crippen LogP contribution is 2.12. The van der Waals surface area contributed by atoms with Crippen molar-refractivity contribution in [2.24, 2.45) is 10.9 Å². The first-order valence-electron chi connectivity index (χ1n) is 5.93. The molecule has 0 saturated heterocycles. The third kappa shape index (κ3) is 3.59. The Kier molecular flexibility index (Phi) is 4.38. The molecule has 0 aromatic heterocycles. The summed E-state index contributed by atoms with van der Waals surface area (Å²) in [7, 11) is 0. The highest BCUT2D eigenvalue weighted by atomic mass is 35.5. The molecule has 0 unspecified atom stereocenters. The maximum atomic E-state index is 11.8. The van der Waals surface area contributed by atoms with Gasteiger partial charge in [-0.15, -0.1) is 0 Å². The van der Waals surface area contributed by atoms with Crippen LogP contribution in [-0.2, 0) is 4.84 Å². The summed E-state index contributed by atoms with van der Waals surface area (Å²) in [5, 5.41) is 4.10. The summed E-state index contributed by atoms with van der Waals surface area (Å²) >= 11 is 5.80. The van der Waals surface area contributed by atoms with E-state index in [1.807, 2.05) is 25.1 Å². The first-order valence-corrected chi connectivity index (χ1v) is 6.31. The molecular formula is C15H13ClN2O2. The molecule has 2 aromatic rings. The third-order valence-electron chi connectivity index (χ3n) is 2.60. The quantitative estimate of drug-likeness (QED) is 0.408. The van der Waals surface area contributed by atoms with E-state index < -0.39 is 5.97 Å². The number of carbonyl (C=O) groups is 1. The normalized spacial score (nSPS) is 11.2. The van der Waals surface area contributed by atoms with Crippen LogP contribution in [0.25, 0.3) is 0 Å². The van der Waals surface area contributed by atoms with Gasteiger partial charge in [0.25, 0.3) is 0 Å². The molecule has 0 atom stereocenters. The number of oxime groups is 1. The second-order valence-corrected chi connectivity index (χ2v) is 4.67. The fraction of sp³-hybridized carbons (Fsp3) is 0.0667. The average Bonchev–Trinajstić information content (AvgIpc) is 2.44. The molecule has 2 aromatic carbocycles. The van der Waals surface area contributed by atoms with E-state index in [1.165, 1.54) is 6.07 Å². The van der Waals surface area contributed by atoms with Gasteiger partial charge >= 0.3 is 5.97 Å². The topological polar surface area (TPSA) is 64.7 Å². The number of nitrogens with zero attached hydrogens (tertiary/aromatic N) is 1. The van der Waals surface area contributed by atoms with Gasteiger partial charge in [-0.3, -0.25) is 0 Å². The van der Waals surface area contributed by atoms with Gasteiger partial charge in [0.2, 0.25) is 0 Å². The zero-order valence-electron chi connectivity index (χ0n) is 10.8. The van der Waals surface area contributed by atoms with Crippen LogP contribution in [0.1, 0.15) is 21.5 Å². The van der Waals surface area contributed by atoms with Crippen molar-refractivity contribution in [2.75, 3.05) is 0 Å². The molecule has 20 heavy (non-hydrogen) atoms. The summed E-state index contributed by atoms with van der Waals surface area (Å²) in [5.41, 5.74) is 7.83. The molecule has 4 nitrogen and oxygen atoms in total. The highest BCUT2D eigenvalue weighted by molar-refractivity contribution is 6.30. The van der Waals surface area contributed by atoms with Gasteiger partial charge in [-0.2, -0.15) is 0 Å². The van der Waals surface area contributed by atoms with Crippen molar-refractivity contribution in [3.8, 4) is 0 Å². The number of hydrogen-bond donors (Lipinski definition) is 1. The Bertz CT molecular complexity index is 668.